The number of hydrogen-bond acceptors (Lipinski definition) is 5. The van der Waals surface area contributed by atoms with Crippen molar-refractivity contribution in [1.82, 2.24) is 9.97 Å². The average Bonchev–Trinajstić information content (AvgIpc) is 3.46. The standard InChI is InChI=1S/C28H26N2O5S/c1-17-5-11-25-21(13-17)23(15-29-25)28(35-36(4,32)33,20-9-7-19(8-10-20)27(31)34-3)24-16-30-26-12-6-18(2)14-22(24)26/h5-16,29-30H,1-4H3. The van der Waals surface area contributed by atoms with Gasteiger partial charge in [0.25, 0.3) is 10.1 Å². The molecule has 0 aliphatic rings. The van der Waals surface area contributed by atoms with E-state index in [2.05, 4.69) is 9.97 Å². The first-order chi connectivity index (χ1) is 17.1. The Kier molecular flexibility index (Phi) is 5.73. The van der Waals surface area contributed by atoms with Gasteiger partial charge >= 0.3 is 5.97 Å². The van der Waals surface area contributed by atoms with Gasteiger partial charge in [0.2, 0.25) is 0 Å². The molecular formula is C28H26N2O5S. The predicted octanol–water partition coefficient (Wildman–Crippen LogP) is 5.32. The Balaban J connectivity index is 1.93. The molecule has 36 heavy (non-hydrogen) atoms. The Morgan fingerprint density at radius 3 is 1.75 bits per heavy atom. The van der Waals surface area contributed by atoms with E-state index in [1.807, 2.05) is 50.2 Å². The lowest BCUT2D eigenvalue weighted by Crippen LogP contribution is -2.35. The number of nitrogens with one attached hydrogen (secondary N) is 2. The van der Waals surface area contributed by atoms with Gasteiger partial charge in [-0.2, -0.15) is 8.42 Å². The molecule has 0 spiro atoms. The maximum atomic E-state index is 12.9. The maximum Gasteiger partial charge on any atom is 0.337 e. The monoisotopic (exact) mass is 502 g/mol. The van der Waals surface area contributed by atoms with Crippen molar-refractivity contribution < 1.29 is 22.1 Å². The Hall–Kier alpha value is -3.88. The van der Waals surface area contributed by atoms with E-state index in [0.29, 0.717) is 22.3 Å². The lowest BCUT2D eigenvalue weighted by Gasteiger charge is -2.33. The van der Waals surface area contributed by atoms with Gasteiger partial charge in [0, 0.05) is 45.3 Å². The number of aromatic nitrogens is 2. The van der Waals surface area contributed by atoms with Crippen LogP contribution in [0.4, 0.5) is 0 Å². The van der Waals surface area contributed by atoms with Crippen LogP contribution in [0.2, 0.25) is 0 Å². The molecule has 0 aliphatic heterocycles. The Labute approximate surface area is 209 Å². The van der Waals surface area contributed by atoms with Crippen LogP contribution < -0.4 is 0 Å². The molecule has 0 saturated carbocycles. The zero-order valence-electron chi connectivity index (χ0n) is 20.4. The summed E-state index contributed by atoms with van der Waals surface area (Å²) in [6.45, 7) is 3.96. The molecule has 0 saturated heterocycles. The number of carbonyl (C=O) groups is 1. The van der Waals surface area contributed by atoms with E-state index in [0.717, 1.165) is 39.2 Å². The van der Waals surface area contributed by atoms with Crippen LogP contribution >= 0.6 is 0 Å². The van der Waals surface area contributed by atoms with E-state index in [4.69, 9.17) is 8.92 Å². The smallest absolute Gasteiger partial charge is 0.337 e. The fraction of sp³-hybridized carbons (Fsp3) is 0.179. The van der Waals surface area contributed by atoms with E-state index < -0.39 is 21.7 Å². The minimum Gasteiger partial charge on any atom is -0.465 e. The summed E-state index contributed by atoms with van der Waals surface area (Å²) in [4.78, 5) is 18.7. The molecule has 5 aromatic rings. The second-order valence-corrected chi connectivity index (χ2v) is 10.6. The third kappa shape index (κ3) is 3.98. The van der Waals surface area contributed by atoms with Crippen LogP contribution in [0.5, 0.6) is 0 Å². The van der Waals surface area contributed by atoms with Crippen LogP contribution in [0.25, 0.3) is 21.8 Å². The summed E-state index contributed by atoms with van der Waals surface area (Å²) in [5.74, 6) is -0.485. The van der Waals surface area contributed by atoms with E-state index in [-0.39, 0.29) is 0 Å². The van der Waals surface area contributed by atoms with Gasteiger partial charge in [-0.05, 0) is 55.8 Å². The molecule has 8 heteroatoms. The number of methoxy groups -OCH3 is 1. The van der Waals surface area contributed by atoms with Crippen LogP contribution in [0.15, 0.2) is 73.1 Å². The molecule has 0 amide bonds. The van der Waals surface area contributed by atoms with Crippen molar-refractivity contribution in [3.8, 4) is 0 Å². The second kappa shape index (κ2) is 8.65. The number of carbonyl (C=O) groups excluding carboxylic acids is 1. The number of ether oxygens (including phenoxy) is 1. The third-order valence-corrected chi connectivity index (χ3v) is 6.97. The summed E-state index contributed by atoms with van der Waals surface area (Å²) in [5.41, 5.74) is 4.35. The van der Waals surface area contributed by atoms with Gasteiger partial charge in [-0.3, -0.25) is 0 Å². The number of hydrogen-bond donors (Lipinski definition) is 2. The molecule has 2 heterocycles. The van der Waals surface area contributed by atoms with Crippen molar-refractivity contribution in [2.24, 2.45) is 0 Å². The van der Waals surface area contributed by atoms with Gasteiger partial charge in [0.05, 0.1) is 18.9 Å². The van der Waals surface area contributed by atoms with Crippen molar-refractivity contribution in [3.63, 3.8) is 0 Å². The predicted molar refractivity (Wildman–Crippen MR) is 140 cm³/mol. The third-order valence-electron chi connectivity index (χ3n) is 6.42. The topological polar surface area (TPSA) is 101 Å². The quantitative estimate of drug-likeness (QED) is 0.242. The lowest BCUT2D eigenvalue weighted by atomic mass is 9.79. The first kappa shape index (κ1) is 23.8. The number of aromatic amines is 2. The first-order valence-corrected chi connectivity index (χ1v) is 13.2. The highest BCUT2D eigenvalue weighted by molar-refractivity contribution is 7.86. The highest BCUT2D eigenvalue weighted by Gasteiger charge is 2.44. The Morgan fingerprint density at radius 1 is 0.806 bits per heavy atom. The molecule has 3 aromatic carbocycles. The van der Waals surface area contributed by atoms with Crippen molar-refractivity contribution >= 4 is 37.9 Å². The van der Waals surface area contributed by atoms with Crippen LogP contribution in [0.3, 0.4) is 0 Å². The van der Waals surface area contributed by atoms with Crippen LogP contribution in [-0.2, 0) is 24.6 Å². The molecule has 0 aliphatic carbocycles. The van der Waals surface area contributed by atoms with Gasteiger partial charge in [-0.25, -0.2) is 8.98 Å². The zero-order chi connectivity index (χ0) is 25.7. The number of fused-ring (bicyclic) bond motifs is 2. The van der Waals surface area contributed by atoms with Gasteiger partial charge in [-0.1, -0.05) is 35.4 Å². The fourth-order valence-corrected chi connectivity index (χ4v) is 5.56. The van der Waals surface area contributed by atoms with Crippen molar-refractivity contribution in [2.45, 2.75) is 19.4 Å². The van der Waals surface area contributed by atoms with Crippen molar-refractivity contribution in [3.05, 3.63) is 106 Å². The highest BCUT2D eigenvalue weighted by Crippen LogP contribution is 2.47. The van der Waals surface area contributed by atoms with Gasteiger partial charge in [0.1, 0.15) is 0 Å². The summed E-state index contributed by atoms with van der Waals surface area (Å²) in [6, 6.07) is 18.5. The largest absolute Gasteiger partial charge is 0.465 e. The molecular weight excluding hydrogens is 476 g/mol. The molecule has 7 nitrogen and oxygen atoms in total. The molecule has 0 fully saturated rings. The molecule has 0 radical (unpaired) electrons. The zero-order valence-corrected chi connectivity index (χ0v) is 21.2. The fourth-order valence-electron chi connectivity index (χ4n) is 4.83. The Bertz CT molecular complexity index is 1630. The van der Waals surface area contributed by atoms with E-state index in [9.17, 15) is 13.2 Å². The number of aryl methyl sites for hydroxylation is 2. The van der Waals surface area contributed by atoms with E-state index in [1.165, 1.54) is 7.11 Å². The first-order valence-electron chi connectivity index (χ1n) is 11.4. The minimum atomic E-state index is -3.99. The second-order valence-electron chi connectivity index (χ2n) is 9.04. The van der Waals surface area contributed by atoms with E-state index >= 15 is 0 Å². The molecule has 0 bridgehead atoms. The SMILES string of the molecule is COC(=O)c1ccc(C(OS(C)(=O)=O)(c2c[nH]c3ccc(C)cc23)c2c[nH]c3ccc(C)cc23)cc1. The van der Waals surface area contributed by atoms with Crippen LogP contribution in [0, 0.1) is 13.8 Å². The molecule has 5 rings (SSSR count). The summed E-state index contributed by atoms with van der Waals surface area (Å²) in [6.07, 6.45) is 4.63. The number of H-pyrrole nitrogens is 2. The van der Waals surface area contributed by atoms with Crippen molar-refractivity contribution in [2.75, 3.05) is 13.4 Å². The van der Waals surface area contributed by atoms with E-state index in [1.54, 1.807) is 36.7 Å². The van der Waals surface area contributed by atoms with Crippen LogP contribution in [0.1, 0.15) is 38.2 Å². The maximum absolute atomic E-state index is 12.9. The molecule has 0 atom stereocenters. The van der Waals surface area contributed by atoms with Gasteiger partial charge in [0.15, 0.2) is 5.60 Å². The number of rotatable bonds is 6. The lowest BCUT2D eigenvalue weighted by molar-refractivity contribution is 0.0600. The average molecular weight is 503 g/mol. The molecule has 2 N–H and O–H groups in total. The van der Waals surface area contributed by atoms with Crippen molar-refractivity contribution in [1.29, 1.82) is 0 Å². The summed E-state index contributed by atoms with van der Waals surface area (Å²) in [7, 11) is -2.67. The van der Waals surface area contributed by atoms with Gasteiger partial charge in [-0.15, -0.1) is 0 Å². The molecule has 184 valence electrons. The highest BCUT2D eigenvalue weighted by atomic mass is 32.2. The normalized spacial score (nSPS) is 12.3. The summed E-state index contributed by atoms with van der Waals surface area (Å²) in [5, 5.41) is 1.66. The molecule has 2 aromatic heterocycles. The molecule has 0 unspecified atom stereocenters. The Morgan fingerprint density at radius 2 is 1.31 bits per heavy atom. The summed E-state index contributed by atoms with van der Waals surface area (Å²) < 4.78 is 36.8. The number of benzene rings is 3. The van der Waals surface area contributed by atoms with Crippen LogP contribution in [-0.4, -0.2) is 37.7 Å². The number of esters is 1. The summed E-state index contributed by atoms with van der Waals surface area (Å²) >= 11 is 0. The van der Waals surface area contributed by atoms with Gasteiger partial charge < -0.3 is 14.7 Å². The minimum absolute atomic E-state index is 0.346.